The van der Waals surface area contributed by atoms with E-state index >= 15 is 0 Å². The molecule has 0 aliphatic carbocycles. The fourth-order valence-corrected chi connectivity index (χ4v) is 1.47. The highest BCUT2D eigenvalue weighted by atomic mass is 19.1. The molecule has 0 fully saturated rings. The van der Waals surface area contributed by atoms with Crippen LogP contribution < -0.4 is 5.32 Å². The Morgan fingerprint density at radius 2 is 2.16 bits per heavy atom. The molecule has 1 rings (SSSR count). The number of carboxylic acids is 1. The van der Waals surface area contributed by atoms with E-state index in [1.165, 1.54) is 6.07 Å². The first-order chi connectivity index (χ1) is 9.04. The van der Waals surface area contributed by atoms with E-state index in [1.807, 2.05) is 6.92 Å². The molecule has 0 aromatic heterocycles. The smallest absolute Gasteiger partial charge is 0.338 e. The lowest BCUT2D eigenvalue weighted by molar-refractivity contribution is -0.116. The highest BCUT2D eigenvalue weighted by Crippen LogP contribution is 2.15. The lowest BCUT2D eigenvalue weighted by atomic mass is 10.2. The molecular formula is C13H16FNO4. The Hall–Kier alpha value is -1.95. The minimum absolute atomic E-state index is 0.240. The molecule has 0 atom stereocenters. The van der Waals surface area contributed by atoms with Gasteiger partial charge in [0.05, 0.1) is 5.56 Å². The molecule has 0 saturated heterocycles. The molecule has 0 aliphatic rings. The Bertz CT molecular complexity index is 462. The van der Waals surface area contributed by atoms with E-state index in [1.54, 1.807) is 0 Å². The summed E-state index contributed by atoms with van der Waals surface area (Å²) in [7, 11) is 0. The summed E-state index contributed by atoms with van der Waals surface area (Å²) in [5, 5.41) is 11.2. The topological polar surface area (TPSA) is 75.6 Å². The number of rotatable bonds is 7. The maximum Gasteiger partial charge on any atom is 0.338 e. The number of ether oxygens (including phenoxy) is 1. The van der Waals surface area contributed by atoms with Crippen LogP contribution in [0.25, 0.3) is 0 Å². The maximum atomic E-state index is 13.4. The second-order valence-corrected chi connectivity index (χ2v) is 3.85. The van der Waals surface area contributed by atoms with E-state index in [4.69, 9.17) is 9.84 Å². The number of amides is 1. The molecule has 2 N–H and O–H groups in total. The molecule has 0 saturated carbocycles. The predicted octanol–water partition coefficient (Wildman–Crippen LogP) is 2.28. The van der Waals surface area contributed by atoms with E-state index in [0.29, 0.717) is 19.6 Å². The van der Waals surface area contributed by atoms with Crippen molar-refractivity contribution < 1.29 is 23.8 Å². The number of benzene rings is 1. The summed E-state index contributed by atoms with van der Waals surface area (Å²) >= 11 is 0. The Labute approximate surface area is 110 Å². The monoisotopic (exact) mass is 269 g/mol. The van der Waals surface area contributed by atoms with Crippen LogP contribution in [0.2, 0.25) is 0 Å². The van der Waals surface area contributed by atoms with Crippen LogP contribution in [0.15, 0.2) is 18.2 Å². The van der Waals surface area contributed by atoms with Gasteiger partial charge in [-0.15, -0.1) is 0 Å². The second-order valence-electron chi connectivity index (χ2n) is 3.85. The van der Waals surface area contributed by atoms with Gasteiger partial charge in [-0.2, -0.15) is 0 Å². The highest BCUT2D eigenvalue weighted by Gasteiger charge is 2.11. The number of anilines is 1. The van der Waals surface area contributed by atoms with Crippen molar-refractivity contribution in [3.63, 3.8) is 0 Å². The lowest BCUT2D eigenvalue weighted by Crippen LogP contribution is -2.13. The zero-order chi connectivity index (χ0) is 14.3. The number of halogens is 1. The van der Waals surface area contributed by atoms with E-state index in [0.717, 1.165) is 12.1 Å². The fraction of sp³-hybridized carbons (Fsp3) is 0.385. The summed E-state index contributed by atoms with van der Waals surface area (Å²) in [5.41, 5.74) is -0.182. The van der Waals surface area contributed by atoms with Gasteiger partial charge in [0.15, 0.2) is 0 Å². The number of carbonyl (C=O) groups is 2. The average molecular weight is 269 g/mol. The van der Waals surface area contributed by atoms with Gasteiger partial charge in [0, 0.05) is 25.3 Å². The predicted molar refractivity (Wildman–Crippen MR) is 67.7 cm³/mol. The van der Waals surface area contributed by atoms with Gasteiger partial charge in [0.25, 0.3) is 0 Å². The summed E-state index contributed by atoms with van der Waals surface area (Å²) < 4.78 is 18.4. The number of carboxylic acid groups (broad SMARTS) is 1. The average Bonchev–Trinajstić information content (AvgIpc) is 2.34. The maximum absolute atomic E-state index is 13.4. The van der Waals surface area contributed by atoms with Gasteiger partial charge in [-0.25, -0.2) is 9.18 Å². The van der Waals surface area contributed by atoms with Gasteiger partial charge in [-0.05, 0) is 31.5 Å². The van der Waals surface area contributed by atoms with E-state index in [-0.39, 0.29) is 18.0 Å². The van der Waals surface area contributed by atoms with E-state index in [2.05, 4.69) is 5.32 Å². The molecule has 0 aliphatic heterocycles. The van der Waals surface area contributed by atoms with Crippen LogP contribution in [-0.2, 0) is 9.53 Å². The largest absolute Gasteiger partial charge is 0.478 e. The molecule has 0 bridgehead atoms. The van der Waals surface area contributed by atoms with Gasteiger partial charge < -0.3 is 15.2 Å². The molecule has 1 amide bonds. The minimum Gasteiger partial charge on any atom is -0.478 e. The van der Waals surface area contributed by atoms with Gasteiger partial charge in [0.2, 0.25) is 5.91 Å². The van der Waals surface area contributed by atoms with Crippen LogP contribution in [0.3, 0.4) is 0 Å². The first kappa shape index (κ1) is 15.1. The number of hydrogen-bond acceptors (Lipinski definition) is 3. The van der Waals surface area contributed by atoms with Crippen LogP contribution >= 0.6 is 0 Å². The Balaban J connectivity index is 2.51. The molecule has 6 heteroatoms. The van der Waals surface area contributed by atoms with Crippen molar-refractivity contribution in [2.24, 2.45) is 0 Å². The summed E-state index contributed by atoms with van der Waals surface area (Å²) in [5.74, 6) is -2.48. The molecule has 0 heterocycles. The zero-order valence-electron chi connectivity index (χ0n) is 10.6. The Morgan fingerprint density at radius 3 is 2.74 bits per heavy atom. The van der Waals surface area contributed by atoms with Crippen molar-refractivity contribution in [3.8, 4) is 0 Å². The summed E-state index contributed by atoms with van der Waals surface area (Å²) in [6.45, 7) is 2.96. The van der Waals surface area contributed by atoms with Crippen molar-refractivity contribution in [1.29, 1.82) is 0 Å². The van der Waals surface area contributed by atoms with Crippen molar-refractivity contribution in [1.82, 2.24) is 0 Å². The Kier molecular flexibility index (Phi) is 5.95. The number of aromatic carboxylic acids is 1. The van der Waals surface area contributed by atoms with Gasteiger partial charge >= 0.3 is 5.97 Å². The molecule has 0 spiro atoms. The number of hydrogen-bond donors (Lipinski definition) is 2. The van der Waals surface area contributed by atoms with Crippen molar-refractivity contribution in [2.45, 2.75) is 19.8 Å². The third-order valence-corrected chi connectivity index (χ3v) is 2.38. The second kappa shape index (κ2) is 7.48. The van der Waals surface area contributed by atoms with Crippen LogP contribution in [0, 0.1) is 5.82 Å². The third kappa shape index (κ3) is 5.05. The third-order valence-electron chi connectivity index (χ3n) is 2.38. The summed E-state index contributed by atoms with van der Waals surface area (Å²) in [6, 6.07) is 3.46. The van der Waals surface area contributed by atoms with Gasteiger partial charge in [-0.1, -0.05) is 0 Å². The number of carbonyl (C=O) groups excluding carboxylic acids is 1. The fourth-order valence-electron chi connectivity index (χ4n) is 1.47. The van der Waals surface area contributed by atoms with Crippen LogP contribution in [0.5, 0.6) is 0 Å². The Morgan fingerprint density at radius 1 is 1.42 bits per heavy atom. The normalized spacial score (nSPS) is 10.2. The molecule has 19 heavy (non-hydrogen) atoms. The first-order valence-corrected chi connectivity index (χ1v) is 5.95. The highest BCUT2D eigenvalue weighted by molar-refractivity contribution is 5.92. The number of nitrogens with one attached hydrogen (secondary N) is 1. The molecule has 5 nitrogen and oxygen atoms in total. The summed E-state index contributed by atoms with van der Waals surface area (Å²) in [6.07, 6.45) is 0.845. The minimum atomic E-state index is -1.34. The SMILES string of the molecule is CCOCCCC(=O)Nc1ccc(C(=O)O)c(F)c1. The first-order valence-electron chi connectivity index (χ1n) is 5.95. The van der Waals surface area contributed by atoms with Gasteiger partial charge in [-0.3, -0.25) is 4.79 Å². The standard InChI is InChI=1S/C13H16FNO4/c1-2-19-7-3-4-12(16)15-9-5-6-10(13(17)18)11(14)8-9/h5-6,8H,2-4,7H2,1H3,(H,15,16)(H,17,18). The lowest BCUT2D eigenvalue weighted by Gasteiger charge is -2.06. The molecule has 0 unspecified atom stereocenters. The zero-order valence-corrected chi connectivity index (χ0v) is 10.6. The summed E-state index contributed by atoms with van der Waals surface area (Å²) in [4.78, 5) is 22.1. The van der Waals surface area contributed by atoms with E-state index < -0.39 is 17.3 Å². The molecular weight excluding hydrogens is 253 g/mol. The van der Waals surface area contributed by atoms with Crippen molar-refractivity contribution in [3.05, 3.63) is 29.6 Å². The quantitative estimate of drug-likeness (QED) is 0.744. The van der Waals surface area contributed by atoms with Crippen LogP contribution in [-0.4, -0.2) is 30.2 Å². The van der Waals surface area contributed by atoms with Crippen molar-refractivity contribution in [2.75, 3.05) is 18.5 Å². The molecule has 104 valence electrons. The van der Waals surface area contributed by atoms with Crippen LogP contribution in [0.1, 0.15) is 30.1 Å². The van der Waals surface area contributed by atoms with Crippen molar-refractivity contribution >= 4 is 17.6 Å². The van der Waals surface area contributed by atoms with Gasteiger partial charge in [0.1, 0.15) is 5.82 Å². The molecule has 1 aromatic carbocycles. The van der Waals surface area contributed by atoms with Crippen LogP contribution in [0.4, 0.5) is 10.1 Å². The molecule has 0 radical (unpaired) electrons. The van der Waals surface area contributed by atoms with E-state index in [9.17, 15) is 14.0 Å². The molecule has 1 aromatic rings.